The van der Waals surface area contributed by atoms with E-state index < -0.39 is 12.1 Å². The summed E-state index contributed by atoms with van der Waals surface area (Å²) in [6, 6.07) is 11.3. The first-order valence-electron chi connectivity index (χ1n) is 13.8. The van der Waals surface area contributed by atoms with Gasteiger partial charge in [-0.25, -0.2) is 0 Å². The van der Waals surface area contributed by atoms with Gasteiger partial charge in [0.15, 0.2) is 17.3 Å². The fourth-order valence-electron chi connectivity index (χ4n) is 5.29. The van der Waals surface area contributed by atoms with Crippen LogP contribution in [0.25, 0.3) is 0 Å². The molecule has 0 saturated carbocycles. The molecule has 3 rings (SSSR count). The number of halogens is 3. The topological polar surface area (TPSA) is 71.1 Å². The van der Waals surface area contributed by atoms with Crippen LogP contribution in [0.15, 0.2) is 36.4 Å². The second-order valence-corrected chi connectivity index (χ2v) is 9.91. The number of piperazine rings is 1. The predicted molar refractivity (Wildman–Crippen MR) is 150 cm³/mol. The summed E-state index contributed by atoms with van der Waals surface area (Å²) in [6.45, 7) is 8.83. The van der Waals surface area contributed by atoms with Gasteiger partial charge in [-0.3, -0.25) is 9.59 Å². The van der Waals surface area contributed by atoms with Gasteiger partial charge in [0, 0.05) is 50.4 Å². The minimum atomic E-state index is -4.93. The van der Waals surface area contributed by atoms with Crippen LogP contribution in [0.2, 0.25) is 0 Å². The van der Waals surface area contributed by atoms with Gasteiger partial charge in [0.05, 0.1) is 14.2 Å². The Morgan fingerprint density at radius 1 is 1.00 bits per heavy atom. The number of carbonyl (C=O) groups excluding carboxylic acids is 2. The summed E-state index contributed by atoms with van der Waals surface area (Å²) in [5.41, 5.74) is 3.59. The van der Waals surface area contributed by atoms with E-state index in [0.29, 0.717) is 29.9 Å². The number of nitrogens with one attached hydrogen (secondary N) is 1. The summed E-state index contributed by atoms with van der Waals surface area (Å²) in [6.07, 6.45) is -3.38. The normalized spacial score (nSPS) is 15.0. The first-order valence-corrected chi connectivity index (χ1v) is 13.8. The monoisotopic (exact) mass is 563 g/mol. The molecular weight excluding hydrogens is 523 g/mol. The Labute approximate surface area is 234 Å². The highest BCUT2D eigenvalue weighted by Gasteiger charge is 2.38. The number of rotatable bonds is 13. The standard InChI is InChI=1S/C30H40F3N3O4/c1-5-23-24(10-7-11-25(23)36-17-15-35(6-2)16-18-36)26(37)19-21(9-8-14-34-29(38)30(31,32)33)22-12-13-27(39-3)28(20-22)40-4/h7,10-13,20-21H,5-6,8-9,14-19H2,1-4H3,(H,34,38)/t21-/m0/s1. The minimum Gasteiger partial charge on any atom is -0.493 e. The number of carbonyl (C=O) groups is 2. The molecule has 0 aliphatic carbocycles. The number of ketones is 1. The van der Waals surface area contributed by atoms with Gasteiger partial charge in [0.25, 0.3) is 0 Å². The number of likely N-dealkylation sites (N-methyl/N-ethyl adjacent to an activating group) is 1. The first kappa shape index (κ1) is 31.3. The molecular formula is C30H40F3N3O4. The van der Waals surface area contributed by atoms with E-state index in [1.807, 2.05) is 30.4 Å². The third kappa shape index (κ3) is 7.90. The molecule has 10 heteroatoms. The molecule has 1 fully saturated rings. The van der Waals surface area contributed by atoms with Crippen molar-refractivity contribution in [3.05, 3.63) is 53.1 Å². The van der Waals surface area contributed by atoms with Gasteiger partial charge in [0.2, 0.25) is 0 Å². The number of alkyl halides is 3. The Hall–Kier alpha value is -3.27. The van der Waals surface area contributed by atoms with Crippen LogP contribution in [-0.4, -0.2) is 76.3 Å². The van der Waals surface area contributed by atoms with E-state index in [4.69, 9.17) is 9.47 Å². The zero-order valence-electron chi connectivity index (χ0n) is 23.8. The Kier molecular flexibility index (Phi) is 11.2. The van der Waals surface area contributed by atoms with E-state index in [1.165, 1.54) is 14.2 Å². The van der Waals surface area contributed by atoms with Crippen LogP contribution in [-0.2, 0) is 11.2 Å². The summed E-state index contributed by atoms with van der Waals surface area (Å²) in [5.74, 6) is -1.24. The molecule has 1 aliphatic rings. The van der Waals surface area contributed by atoms with Gasteiger partial charge in [-0.05, 0) is 61.1 Å². The number of benzene rings is 2. The number of hydrogen-bond donors (Lipinski definition) is 1. The number of ether oxygens (including phenoxy) is 2. The molecule has 1 atom stereocenters. The Balaban J connectivity index is 1.83. The number of methoxy groups -OCH3 is 2. The van der Waals surface area contributed by atoms with Crippen molar-refractivity contribution in [1.29, 1.82) is 0 Å². The Bertz CT molecular complexity index is 1150. The lowest BCUT2D eigenvalue weighted by Crippen LogP contribution is -2.46. The smallest absolute Gasteiger partial charge is 0.471 e. The molecule has 1 N–H and O–H groups in total. The van der Waals surface area contributed by atoms with E-state index in [0.717, 1.165) is 49.5 Å². The second kappa shape index (κ2) is 14.4. The summed E-state index contributed by atoms with van der Waals surface area (Å²) >= 11 is 0. The van der Waals surface area contributed by atoms with Crippen molar-refractivity contribution in [2.75, 3.05) is 58.4 Å². The van der Waals surface area contributed by atoms with Crippen molar-refractivity contribution >= 4 is 17.4 Å². The van der Waals surface area contributed by atoms with Gasteiger partial charge in [-0.15, -0.1) is 0 Å². The van der Waals surface area contributed by atoms with Crippen LogP contribution < -0.4 is 19.7 Å². The lowest BCUT2D eigenvalue weighted by atomic mass is 9.86. The highest BCUT2D eigenvalue weighted by molar-refractivity contribution is 5.99. The van der Waals surface area contributed by atoms with E-state index in [1.54, 1.807) is 12.1 Å². The molecule has 7 nitrogen and oxygen atoms in total. The average Bonchev–Trinajstić information content (AvgIpc) is 2.97. The third-order valence-electron chi connectivity index (χ3n) is 7.55. The third-order valence-corrected chi connectivity index (χ3v) is 7.55. The lowest BCUT2D eigenvalue weighted by molar-refractivity contribution is -0.173. The van der Waals surface area contributed by atoms with Gasteiger partial charge in [-0.1, -0.05) is 32.0 Å². The van der Waals surface area contributed by atoms with Crippen molar-refractivity contribution in [1.82, 2.24) is 10.2 Å². The van der Waals surface area contributed by atoms with E-state index >= 15 is 0 Å². The van der Waals surface area contributed by atoms with Crippen LogP contribution in [0.4, 0.5) is 18.9 Å². The number of anilines is 1. The lowest BCUT2D eigenvalue weighted by Gasteiger charge is -2.36. The maximum absolute atomic E-state index is 13.8. The molecule has 1 heterocycles. The van der Waals surface area contributed by atoms with Gasteiger partial charge < -0.3 is 24.6 Å². The van der Waals surface area contributed by atoms with E-state index in [-0.39, 0.29) is 31.1 Å². The molecule has 1 saturated heterocycles. The first-order chi connectivity index (χ1) is 19.1. The molecule has 2 aromatic carbocycles. The molecule has 1 amide bonds. The van der Waals surface area contributed by atoms with Crippen LogP contribution in [0.1, 0.15) is 60.5 Å². The highest BCUT2D eigenvalue weighted by Crippen LogP contribution is 2.35. The molecule has 0 bridgehead atoms. The predicted octanol–water partition coefficient (Wildman–Crippen LogP) is 5.22. The number of nitrogens with zero attached hydrogens (tertiary/aromatic N) is 2. The largest absolute Gasteiger partial charge is 0.493 e. The summed E-state index contributed by atoms with van der Waals surface area (Å²) in [5, 5.41) is 1.92. The maximum Gasteiger partial charge on any atom is 0.471 e. The SMILES string of the molecule is CCc1c(C(=O)C[C@H](CCCNC(=O)C(F)(F)F)c2ccc(OC)c(OC)c2)cccc1N1CCN(CC)CC1. The zero-order valence-corrected chi connectivity index (χ0v) is 23.8. The number of hydrogen-bond acceptors (Lipinski definition) is 6. The van der Waals surface area contributed by atoms with Crippen LogP contribution in [0.3, 0.4) is 0 Å². The second-order valence-electron chi connectivity index (χ2n) is 9.91. The molecule has 0 radical (unpaired) electrons. The van der Waals surface area contributed by atoms with Gasteiger partial charge in [-0.2, -0.15) is 13.2 Å². The molecule has 220 valence electrons. The van der Waals surface area contributed by atoms with Crippen molar-refractivity contribution in [3.63, 3.8) is 0 Å². The van der Waals surface area contributed by atoms with Gasteiger partial charge >= 0.3 is 12.1 Å². The fraction of sp³-hybridized carbons (Fsp3) is 0.533. The van der Waals surface area contributed by atoms with E-state index in [9.17, 15) is 22.8 Å². The minimum absolute atomic E-state index is 0.0231. The molecule has 0 aromatic heterocycles. The number of amides is 1. The fourth-order valence-corrected chi connectivity index (χ4v) is 5.29. The van der Waals surface area contributed by atoms with Crippen molar-refractivity contribution < 1.29 is 32.2 Å². The Morgan fingerprint density at radius 3 is 2.30 bits per heavy atom. The van der Waals surface area contributed by atoms with Crippen molar-refractivity contribution in [2.45, 2.75) is 51.6 Å². The van der Waals surface area contributed by atoms with Crippen LogP contribution in [0, 0.1) is 0 Å². The quantitative estimate of drug-likeness (QED) is 0.266. The molecule has 1 aliphatic heterocycles. The van der Waals surface area contributed by atoms with Crippen LogP contribution in [0.5, 0.6) is 11.5 Å². The zero-order chi connectivity index (χ0) is 29.3. The molecule has 2 aromatic rings. The molecule has 40 heavy (non-hydrogen) atoms. The summed E-state index contributed by atoms with van der Waals surface area (Å²) in [7, 11) is 3.05. The molecule has 0 spiro atoms. The van der Waals surface area contributed by atoms with Crippen LogP contribution >= 0.6 is 0 Å². The van der Waals surface area contributed by atoms with Gasteiger partial charge in [0.1, 0.15) is 0 Å². The summed E-state index contributed by atoms with van der Waals surface area (Å²) < 4.78 is 48.6. The average molecular weight is 564 g/mol. The van der Waals surface area contributed by atoms with E-state index in [2.05, 4.69) is 22.8 Å². The number of Topliss-reactive ketones (excluding diaryl/α,β-unsaturated/α-hetero) is 1. The van der Waals surface area contributed by atoms with Crippen molar-refractivity contribution in [2.24, 2.45) is 0 Å². The highest BCUT2D eigenvalue weighted by atomic mass is 19.4. The summed E-state index contributed by atoms with van der Waals surface area (Å²) in [4.78, 5) is 29.8. The van der Waals surface area contributed by atoms with Crippen molar-refractivity contribution in [3.8, 4) is 11.5 Å². The Morgan fingerprint density at radius 2 is 1.70 bits per heavy atom. The molecule has 0 unspecified atom stereocenters. The maximum atomic E-state index is 13.8.